The van der Waals surface area contributed by atoms with Crippen molar-refractivity contribution in [1.82, 2.24) is 73.9 Å². The number of methoxy groups -OCH3 is 2. The number of nitrogens with zero attached hydrogens (tertiary/aromatic N) is 17. The normalized spacial score (nSPS) is 15.5. The number of rotatable bonds is 17. The molecule has 0 saturated carbocycles. The number of hydrogen-bond donors (Lipinski definition) is 3. The maximum atomic E-state index is 14.2. The fourth-order valence-electron chi connectivity index (χ4n) is 13.9. The Hall–Kier alpha value is -9.12. The van der Waals surface area contributed by atoms with Gasteiger partial charge in [-0.2, -0.15) is 0 Å². The lowest BCUT2D eigenvalue weighted by Gasteiger charge is -2.47. The molecule has 536 valence electrons. The van der Waals surface area contributed by atoms with Crippen molar-refractivity contribution in [3.8, 4) is 11.6 Å². The van der Waals surface area contributed by atoms with Gasteiger partial charge in [0.1, 0.15) is 27.6 Å². The smallest absolute Gasteiger partial charge is 0.258 e. The number of hydrogen-bond acceptors (Lipinski definition) is 18. The zero-order valence-electron chi connectivity index (χ0n) is 58.6. The Balaban J connectivity index is 0.000000145. The number of halogens is 7. The van der Waals surface area contributed by atoms with Gasteiger partial charge in [-0.05, 0) is 114 Å². The first-order valence-corrected chi connectivity index (χ1v) is 34.1. The monoisotopic (exact) mass is 1460 g/mol. The molecule has 3 aliphatic rings. The van der Waals surface area contributed by atoms with Crippen LogP contribution in [0.3, 0.4) is 0 Å². The molecular formula is C72H78Cl3F4N17O6. The summed E-state index contributed by atoms with van der Waals surface area (Å²) in [5.74, 6) is -4.08. The van der Waals surface area contributed by atoms with Gasteiger partial charge in [0.05, 0.1) is 94.7 Å². The number of fused-ring (bicyclic) bond motifs is 3. The minimum atomic E-state index is -2.96. The molecule has 2 atom stereocenters. The number of imidazole rings is 2. The zero-order valence-corrected chi connectivity index (χ0v) is 60.9. The van der Waals surface area contributed by atoms with Gasteiger partial charge in [0.2, 0.25) is 23.5 Å². The van der Waals surface area contributed by atoms with Crippen LogP contribution in [-0.4, -0.2) is 160 Å². The molecule has 14 rings (SSSR count). The third-order valence-corrected chi connectivity index (χ3v) is 20.8. The lowest BCUT2D eigenvalue weighted by Crippen LogP contribution is -2.58. The topological polar surface area (TPSA) is 255 Å². The second-order valence-corrected chi connectivity index (χ2v) is 27.8. The third-order valence-electron chi connectivity index (χ3n) is 19.8. The van der Waals surface area contributed by atoms with Crippen molar-refractivity contribution in [1.29, 1.82) is 0 Å². The van der Waals surface area contributed by atoms with Crippen LogP contribution in [0.5, 0.6) is 11.6 Å². The van der Waals surface area contributed by atoms with Crippen molar-refractivity contribution in [2.75, 3.05) is 63.3 Å². The van der Waals surface area contributed by atoms with Crippen LogP contribution in [0.2, 0.25) is 15.3 Å². The van der Waals surface area contributed by atoms with Crippen molar-refractivity contribution >= 4 is 84.8 Å². The summed E-state index contributed by atoms with van der Waals surface area (Å²) in [4.78, 5) is 44.3. The molecule has 2 unspecified atom stereocenters. The van der Waals surface area contributed by atoms with E-state index in [1.54, 1.807) is 73.9 Å². The summed E-state index contributed by atoms with van der Waals surface area (Å²) in [6.45, 7) is 14.5. The number of aliphatic hydroxyl groups is 3. The van der Waals surface area contributed by atoms with Crippen molar-refractivity contribution in [3.63, 3.8) is 0 Å². The number of carbonyl (C=O) groups excluding carboxylic acids is 1. The fourth-order valence-corrected chi connectivity index (χ4v) is 14.7. The van der Waals surface area contributed by atoms with Crippen LogP contribution in [0.1, 0.15) is 113 Å². The predicted octanol–water partition coefficient (Wildman–Crippen LogP) is 11.1. The minimum Gasteiger partial charge on any atom is -0.490 e. The van der Waals surface area contributed by atoms with E-state index < -0.39 is 41.5 Å². The maximum absolute atomic E-state index is 14.2. The van der Waals surface area contributed by atoms with E-state index in [0.717, 1.165) is 70.2 Å². The number of aryl methyl sites for hydroxylation is 6. The molecule has 3 aliphatic heterocycles. The molecule has 3 fully saturated rings. The second kappa shape index (κ2) is 27.6. The fraction of sp³-hybridized carbons (Fsp3) is 0.403. The zero-order chi connectivity index (χ0) is 73.4. The van der Waals surface area contributed by atoms with Crippen molar-refractivity contribution in [2.24, 2.45) is 34.1 Å². The number of amides is 1. The minimum absolute atomic E-state index is 0.0284. The molecule has 0 spiro atoms. The number of carbonyl (C=O) groups is 1. The van der Waals surface area contributed by atoms with Crippen molar-refractivity contribution in [3.05, 3.63) is 186 Å². The van der Waals surface area contributed by atoms with Gasteiger partial charge in [0, 0.05) is 137 Å². The molecule has 11 heterocycles. The predicted molar refractivity (Wildman–Crippen MR) is 380 cm³/mol. The molecule has 23 nitrogen and oxygen atoms in total. The molecular weight excluding hydrogens is 1380 g/mol. The van der Waals surface area contributed by atoms with E-state index in [9.17, 15) is 37.7 Å². The van der Waals surface area contributed by atoms with Crippen LogP contribution in [0.25, 0.3) is 32.7 Å². The number of ether oxygens (including phenoxy) is 2. The first-order valence-electron chi connectivity index (χ1n) is 33.0. The molecule has 8 aromatic heterocycles. The van der Waals surface area contributed by atoms with E-state index in [4.69, 9.17) is 44.3 Å². The van der Waals surface area contributed by atoms with Crippen molar-refractivity contribution < 1.29 is 47.1 Å². The molecule has 0 bridgehead atoms. The summed E-state index contributed by atoms with van der Waals surface area (Å²) < 4.78 is 74.1. The van der Waals surface area contributed by atoms with Crippen LogP contribution in [0, 0.1) is 33.6 Å². The van der Waals surface area contributed by atoms with Gasteiger partial charge in [-0.3, -0.25) is 9.78 Å². The lowest BCUT2D eigenvalue weighted by atomic mass is 9.74. The van der Waals surface area contributed by atoms with Crippen LogP contribution in [-0.2, 0) is 62.6 Å². The number of benzene rings is 3. The molecule has 3 aromatic carbocycles. The molecule has 0 radical (unpaired) electrons. The summed E-state index contributed by atoms with van der Waals surface area (Å²) in [5, 5.41) is 55.3. The van der Waals surface area contributed by atoms with Crippen LogP contribution in [0.4, 0.5) is 28.9 Å². The van der Waals surface area contributed by atoms with Gasteiger partial charge < -0.3 is 48.6 Å². The summed E-state index contributed by atoms with van der Waals surface area (Å²) in [6.07, 6.45) is 7.25. The summed E-state index contributed by atoms with van der Waals surface area (Å²) in [7, 11) is 10.1. The van der Waals surface area contributed by atoms with Crippen LogP contribution >= 0.6 is 34.8 Å². The average Bonchev–Trinajstić information content (AvgIpc) is 1.27. The summed E-state index contributed by atoms with van der Waals surface area (Å²) in [5.41, 5.74) is 4.84. The first-order chi connectivity index (χ1) is 48.2. The number of anilines is 2. The SMILES string of the molecule is COc1nc2ccc(C(O)(c3cnnn3C)C3CN(C(C)=O)C3)cc2c(Cl)c1OC.Cc1ccc(C(O)(c2ccc3nc(Cl)c(CC(C)(F)F)c(N4CCC4)c3c2)c2cnnn2C)c(C)n1.Cc1ncc(C(O)(c2ccc3nc(Cl)c(CC(C)(F)F)c(N4CCC4)c3c2)c2cnc(C)n2C)n1C. The second-order valence-electron chi connectivity index (χ2n) is 26.7. The molecule has 11 aromatic rings. The third kappa shape index (κ3) is 13.1. The van der Waals surface area contributed by atoms with E-state index in [2.05, 4.69) is 55.4 Å². The Morgan fingerprint density at radius 2 is 1.04 bits per heavy atom. The van der Waals surface area contributed by atoms with E-state index in [1.165, 1.54) is 42.9 Å². The quantitative estimate of drug-likeness (QED) is 0.0566. The Labute approximate surface area is 600 Å². The molecule has 3 saturated heterocycles. The Morgan fingerprint density at radius 1 is 0.578 bits per heavy atom. The number of aromatic nitrogens is 14. The highest BCUT2D eigenvalue weighted by molar-refractivity contribution is 6.37. The number of alkyl halides is 4. The van der Waals surface area contributed by atoms with Gasteiger partial charge in [-0.1, -0.05) is 69.5 Å². The first kappa shape index (κ1) is 72.7. The van der Waals surface area contributed by atoms with Gasteiger partial charge in [-0.25, -0.2) is 51.8 Å². The molecule has 3 N–H and O–H groups in total. The Kier molecular flexibility index (Phi) is 19.6. The Bertz CT molecular complexity index is 5000. The van der Waals surface area contributed by atoms with E-state index in [1.807, 2.05) is 80.1 Å². The van der Waals surface area contributed by atoms with E-state index in [0.29, 0.717) is 130 Å². The highest BCUT2D eigenvalue weighted by atomic mass is 35.5. The van der Waals surface area contributed by atoms with E-state index >= 15 is 0 Å². The summed E-state index contributed by atoms with van der Waals surface area (Å²) in [6, 6.07) is 19.8. The summed E-state index contributed by atoms with van der Waals surface area (Å²) >= 11 is 19.5. The van der Waals surface area contributed by atoms with E-state index in [-0.39, 0.29) is 28.0 Å². The van der Waals surface area contributed by atoms with Gasteiger partial charge in [0.15, 0.2) is 11.2 Å². The average molecular weight is 1460 g/mol. The molecule has 102 heavy (non-hydrogen) atoms. The Morgan fingerprint density at radius 3 is 1.44 bits per heavy atom. The molecule has 30 heteroatoms. The molecule has 1 amide bonds. The van der Waals surface area contributed by atoms with Gasteiger partial charge in [0.25, 0.3) is 5.88 Å². The maximum Gasteiger partial charge on any atom is 0.258 e. The largest absolute Gasteiger partial charge is 0.490 e. The molecule has 0 aliphatic carbocycles. The van der Waals surface area contributed by atoms with Crippen LogP contribution in [0.15, 0.2) is 91.5 Å². The highest BCUT2D eigenvalue weighted by Gasteiger charge is 2.50. The van der Waals surface area contributed by atoms with Gasteiger partial charge >= 0.3 is 0 Å². The number of likely N-dealkylation sites (tertiary alicyclic amines) is 1. The van der Waals surface area contributed by atoms with Crippen LogP contribution < -0.4 is 19.3 Å². The lowest BCUT2D eigenvalue weighted by molar-refractivity contribution is -0.143. The highest BCUT2D eigenvalue weighted by Crippen LogP contribution is 2.48. The van der Waals surface area contributed by atoms with Crippen molar-refractivity contribution in [2.45, 2.75) is 103 Å². The standard InChI is InChI=1S/C26H29ClF2N6O.C26H27ClF2N6O.C20H22ClN5O4/c1-15-30-13-21(33(15)4)26(36,22-14-31-16(2)34(22)5)17-7-8-20-18(11-17)23(35-9-6-10-35)19(24(27)32-20)12-25(3,28)29;1-15-6-8-20(16(2)31-15)26(36,22-14-30-33-34(22)4)17-7-9-21-18(12-17)23(35-10-5-11-35)19(24(27)32-21)13-25(3,28)29;1-11(27)26-9-13(10-26)20(28,16-8-22-24-25(16)2)12-5-6-15-14(7-12)17(21)18(29-3)19(23-15)30-4/h7-8,11,13-14,36H,6,9-10,12H2,1-5H3;6-9,12,14,36H,5,10-11,13H2,1-4H3;5-8,13,28H,9-10H2,1-4H3. The number of pyridine rings is 4. The van der Waals surface area contributed by atoms with Gasteiger partial charge in [-0.15, -0.1) is 10.2 Å².